The van der Waals surface area contributed by atoms with Crippen molar-refractivity contribution in [1.82, 2.24) is 0 Å². The highest BCUT2D eigenvalue weighted by atomic mass is 35.5. The Morgan fingerprint density at radius 2 is 1.17 bits per heavy atom. The molecule has 0 spiro atoms. The predicted molar refractivity (Wildman–Crippen MR) is 172 cm³/mol. The van der Waals surface area contributed by atoms with Crippen molar-refractivity contribution in [3.63, 3.8) is 0 Å². The molecule has 1 heterocycles. The smallest absolute Gasteiger partial charge is 0.123 e. The fourth-order valence-electron chi connectivity index (χ4n) is 7.51. The third kappa shape index (κ3) is 4.61. The summed E-state index contributed by atoms with van der Waals surface area (Å²) in [6.07, 6.45) is 1.05. The van der Waals surface area contributed by atoms with Crippen molar-refractivity contribution >= 4 is 11.6 Å². The molecule has 42 heavy (non-hydrogen) atoms. The molecule has 2 nitrogen and oxygen atoms in total. The Hall–Kier alpha value is -3.30. The zero-order valence-electron chi connectivity index (χ0n) is 26.0. The van der Waals surface area contributed by atoms with Crippen LogP contribution in [0, 0.1) is 5.82 Å². The maximum absolute atomic E-state index is 14.5. The maximum Gasteiger partial charge on any atom is 0.123 e. The normalized spacial score (nSPS) is 18.0. The summed E-state index contributed by atoms with van der Waals surface area (Å²) >= 11 is 6.46. The van der Waals surface area contributed by atoms with E-state index >= 15 is 0 Å². The Bertz CT molecular complexity index is 1560. The first-order valence-corrected chi connectivity index (χ1v) is 15.1. The molecule has 0 aliphatic carbocycles. The van der Waals surface area contributed by atoms with Crippen molar-refractivity contribution in [3.8, 4) is 11.5 Å². The molecule has 0 bridgehead atoms. The van der Waals surface area contributed by atoms with E-state index in [1.54, 1.807) is 19.2 Å². The molecule has 4 heteroatoms. The Morgan fingerprint density at radius 1 is 0.690 bits per heavy atom. The van der Waals surface area contributed by atoms with Crippen molar-refractivity contribution in [2.24, 2.45) is 0 Å². The first kappa shape index (κ1) is 30.2. The largest absolute Gasteiger partial charge is 0.497 e. The fourth-order valence-corrected chi connectivity index (χ4v) is 7.64. The van der Waals surface area contributed by atoms with Crippen molar-refractivity contribution in [2.45, 2.75) is 82.7 Å². The summed E-state index contributed by atoms with van der Waals surface area (Å²) in [4.78, 5) is 0. The van der Waals surface area contributed by atoms with E-state index < -0.39 is 21.7 Å². The summed E-state index contributed by atoms with van der Waals surface area (Å²) in [5.41, 5.74) is 3.91. The lowest BCUT2D eigenvalue weighted by molar-refractivity contribution is 0.0817. The maximum atomic E-state index is 14.5. The zero-order valence-corrected chi connectivity index (χ0v) is 26.8. The van der Waals surface area contributed by atoms with E-state index in [1.165, 1.54) is 16.7 Å². The van der Waals surface area contributed by atoms with E-state index in [-0.39, 0.29) is 11.9 Å². The minimum atomic E-state index is -0.565. The fraction of sp³-hybridized carbons (Fsp3) is 0.368. The molecule has 3 atom stereocenters. The molecule has 0 saturated carbocycles. The second-order valence-electron chi connectivity index (χ2n) is 13.2. The van der Waals surface area contributed by atoms with Crippen molar-refractivity contribution < 1.29 is 13.9 Å². The number of methoxy groups -OCH3 is 1. The van der Waals surface area contributed by atoms with Crippen LogP contribution < -0.4 is 9.47 Å². The van der Waals surface area contributed by atoms with Crippen LogP contribution in [0.5, 0.6) is 11.5 Å². The number of halogens is 2. The molecule has 0 fully saturated rings. The lowest BCUT2D eigenvalue weighted by Crippen LogP contribution is -2.63. The third-order valence-electron chi connectivity index (χ3n) is 10.8. The second-order valence-corrected chi connectivity index (χ2v) is 13.6. The van der Waals surface area contributed by atoms with Crippen LogP contribution in [-0.2, 0) is 28.1 Å². The summed E-state index contributed by atoms with van der Waals surface area (Å²) in [5, 5.41) is 0.693. The molecule has 5 rings (SSSR count). The Labute approximate surface area is 255 Å². The third-order valence-corrected chi connectivity index (χ3v) is 11.0. The molecule has 220 valence electrons. The van der Waals surface area contributed by atoms with Gasteiger partial charge in [-0.15, -0.1) is 0 Å². The molecule has 0 N–H and O–H groups in total. The van der Waals surface area contributed by atoms with Gasteiger partial charge in [-0.25, -0.2) is 4.39 Å². The van der Waals surface area contributed by atoms with Gasteiger partial charge in [-0.3, -0.25) is 0 Å². The van der Waals surface area contributed by atoms with Crippen molar-refractivity contribution in [2.75, 3.05) is 7.11 Å². The minimum Gasteiger partial charge on any atom is -0.497 e. The summed E-state index contributed by atoms with van der Waals surface area (Å²) in [5.74, 6) is 1.54. The van der Waals surface area contributed by atoms with Gasteiger partial charge in [0.25, 0.3) is 0 Å². The van der Waals surface area contributed by atoms with Gasteiger partial charge in [-0.1, -0.05) is 102 Å². The molecular weight excluding hydrogens is 543 g/mol. The molecule has 4 aromatic rings. The summed E-state index contributed by atoms with van der Waals surface area (Å²) in [6.45, 7) is 16.1. The zero-order chi connectivity index (χ0) is 30.5. The van der Waals surface area contributed by atoms with E-state index in [0.717, 1.165) is 29.0 Å². The number of hydrogen-bond donors (Lipinski definition) is 0. The Balaban J connectivity index is 1.84. The topological polar surface area (TPSA) is 18.5 Å². The van der Waals surface area contributed by atoms with Gasteiger partial charge < -0.3 is 9.47 Å². The molecule has 0 amide bonds. The van der Waals surface area contributed by atoms with Crippen LogP contribution in [0.2, 0.25) is 5.02 Å². The van der Waals surface area contributed by atoms with Gasteiger partial charge in [0.15, 0.2) is 0 Å². The van der Waals surface area contributed by atoms with Crippen molar-refractivity contribution in [3.05, 3.63) is 130 Å². The number of ether oxygens (including phenoxy) is 2. The van der Waals surface area contributed by atoms with E-state index in [4.69, 9.17) is 21.1 Å². The lowest BCUT2D eigenvalue weighted by atomic mass is 9.40. The van der Waals surface area contributed by atoms with Crippen LogP contribution in [0.1, 0.15) is 76.3 Å². The summed E-state index contributed by atoms with van der Waals surface area (Å²) in [7, 11) is 1.69. The van der Waals surface area contributed by atoms with E-state index in [0.29, 0.717) is 5.02 Å². The highest BCUT2D eigenvalue weighted by Gasteiger charge is 2.62. The van der Waals surface area contributed by atoms with Crippen LogP contribution in [0.25, 0.3) is 0 Å². The molecule has 0 radical (unpaired) electrons. The molecule has 1 aliphatic rings. The molecule has 0 aromatic heterocycles. The van der Waals surface area contributed by atoms with Crippen LogP contribution in [-0.4, -0.2) is 13.2 Å². The van der Waals surface area contributed by atoms with Gasteiger partial charge in [0.05, 0.1) is 7.11 Å². The van der Waals surface area contributed by atoms with Crippen molar-refractivity contribution in [1.29, 1.82) is 0 Å². The molecular formula is C38H42ClFO2. The molecule has 1 aliphatic heterocycles. The summed E-state index contributed by atoms with van der Waals surface area (Å²) in [6, 6.07) is 30.4. The van der Waals surface area contributed by atoms with E-state index in [9.17, 15) is 4.39 Å². The van der Waals surface area contributed by atoms with Gasteiger partial charge in [0.2, 0.25) is 0 Å². The first-order valence-electron chi connectivity index (χ1n) is 14.7. The Morgan fingerprint density at radius 3 is 1.71 bits per heavy atom. The second kappa shape index (κ2) is 10.8. The number of hydrogen-bond acceptors (Lipinski definition) is 2. The van der Waals surface area contributed by atoms with Crippen LogP contribution in [0.3, 0.4) is 0 Å². The quantitative estimate of drug-likeness (QED) is 0.205. The predicted octanol–water partition coefficient (Wildman–Crippen LogP) is 9.98. The standard InChI is InChI=1S/C38H42ClFO2/c1-25-23-26-24-30(15-22-34(26)42-25)36(4,5)38(7,29-11-18-32(40)19-12-29)37(6,28-9-16-31(39)17-10-28)35(2,3)27-13-20-33(41-8)21-14-27/h9-22,24-25H,23H2,1-8H3. The average molecular weight is 585 g/mol. The van der Waals surface area contributed by atoms with Gasteiger partial charge in [0, 0.05) is 22.3 Å². The first-order chi connectivity index (χ1) is 19.8. The van der Waals surface area contributed by atoms with Gasteiger partial charge in [0.1, 0.15) is 23.4 Å². The lowest BCUT2D eigenvalue weighted by Gasteiger charge is -2.62. The number of rotatable bonds is 8. The molecule has 0 saturated heterocycles. The van der Waals surface area contributed by atoms with E-state index in [2.05, 4.69) is 90.9 Å². The SMILES string of the molecule is COc1ccc(C(C)(C)C(C)(c2ccc(Cl)cc2)C(C)(c2ccc(F)cc2)C(C)(C)c2ccc3c(c2)CC(C)O3)cc1. The number of benzene rings is 4. The minimum absolute atomic E-state index is 0.162. The number of fused-ring (bicyclic) bond motifs is 1. The van der Waals surface area contributed by atoms with Gasteiger partial charge in [-0.2, -0.15) is 0 Å². The van der Waals surface area contributed by atoms with E-state index in [1.807, 2.05) is 36.4 Å². The monoisotopic (exact) mass is 584 g/mol. The molecule has 3 unspecified atom stereocenters. The van der Waals surface area contributed by atoms with Gasteiger partial charge >= 0.3 is 0 Å². The van der Waals surface area contributed by atoms with Crippen LogP contribution >= 0.6 is 11.6 Å². The summed E-state index contributed by atoms with van der Waals surface area (Å²) < 4.78 is 26.1. The molecule has 4 aromatic carbocycles. The van der Waals surface area contributed by atoms with Crippen LogP contribution in [0.15, 0.2) is 91.0 Å². The average Bonchev–Trinajstić information content (AvgIpc) is 3.36. The van der Waals surface area contributed by atoms with Crippen LogP contribution in [0.4, 0.5) is 4.39 Å². The highest BCUT2D eigenvalue weighted by molar-refractivity contribution is 6.30. The van der Waals surface area contributed by atoms with Gasteiger partial charge in [-0.05, 0) is 88.0 Å². The Kier molecular flexibility index (Phi) is 7.73. The highest BCUT2D eigenvalue weighted by Crippen LogP contribution is 2.62.